The highest BCUT2D eigenvalue weighted by atomic mass is 16.2. The fraction of sp³-hybridized carbons (Fsp3) is 0.571. The SMILES string of the molecule is CN1NNN=C1CCCCCn1c(=O)c2c(ncn2C)n(C)c1=O. The van der Waals surface area contributed by atoms with Crippen LogP contribution in [0.5, 0.6) is 0 Å². The Balaban J connectivity index is 1.66. The molecule has 0 atom stereocenters. The number of rotatable bonds is 6. The molecule has 0 radical (unpaired) electrons. The van der Waals surface area contributed by atoms with Gasteiger partial charge >= 0.3 is 5.69 Å². The maximum atomic E-state index is 12.5. The number of fused-ring (bicyclic) bond motifs is 1. The van der Waals surface area contributed by atoms with Crippen LogP contribution in [0.1, 0.15) is 25.7 Å². The largest absolute Gasteiger partial charge is 0.332 e. The summed E-state index contributed by atoms with van der Waals surface area (Å²) in [7, 11) is 5.29. The van der Waals surface area contributed by atoms with E-state index >= 15 is 0 Å². The Hall–Kier alpha value is -2.62. The van der Waals surface area contributed by atoms with Crippen LogP contribution in [0.4, 0.5) is 0 Å². The van der Waals surface area contributed by atoms with Crippen molar-refractivity contribution >= 4 is 17.0 Å². The van der Waals surface area contributed by atoms with Crippen LogP contribution in [0.25, 0.3) is 11.2 Å². The van der Waals surface area contributed by atoms with Gasteiger partial charge in [-0.2, -0.15) is 0 Å². The molecular formula is C14H22N8O2. The summed E-state index contributed by atoms with van der Waals surface area (Å²) in [6.07, 6.45) is 5.00. The normalized spacial score (nSPS) is 14.3. The van der Waals surface area contributed by atoms with Crippen LogP contribution in [0, 0.1) is 0 Å². The lowest BCUT2D eigenvalue weighted by molar-refractivity contribution is 0.343. The first-order chi connectivity index (χ1) is 11.5. The van der Waals surface area contributed by atoms with Crippen molar-refractivity contribution in [3.8, 4) is 0 Å². The number of hydrogen-bond acceptors (Lipinski definition) is 7. The summed E-state index contributed by atoms with van der Waals surface area (Å²) in [6, 6.07) is 0. The topological polar surface area (TPSA) is 101 Å². The lowest BCUT2D eigenvalue weighted by Crippen LogP contribution is -2.39. The van der Waals surface area contributed by atoms with Crippen LogP contribution in [-0.4, -0.2) is 36.6 Å². The Bertz CT molecular complexity index is 891. The van der Waals surface area contributed by atoms with Crippen molar-refractivity contribution in [3.05, 3.63) is 27.2 Å². The third kappa shape index (κ3) is 2.80. The summed E-state index contributed by atoms with van der Waals surface area (Å²) in [5, 5.41) is 5.94. The third-order valence-corrected chi connectivity index (χ3v) is 4.27. The van der Waals surface area contributed by atoms with Crippen LogP contribution in [-0.2, 0) is 20.6 Å². The quantitative estimate of drug-likeness (QED) is 0.675. The van der Waals surface area contributed by atoms with E-state index in [4.69, 9.17) is 0 Å². The number of hydrazine groups is 2. The molecular weight excluding hydrogens is 312 g/mol. The summed E-state index contributed by atoms with van der Waals surface area (Å²) in [5.41, 5.74) is 5.84. The van der Waals surface area contributed by atoms with Crippen LogP contribution < -0.4 is 22.3 Å². The number of unbranched alkanes of at least 4 members (excludes halogenated alkanes) is 2. The maximum absolute atomic E-state index is 12.5. The number of aromatic nitrogens is 4. The fourth-order valence-corrected chi connectivity index (χ4v) is 2.85. The Morgan fingerprint density at radius 1 is 1.12 bits per heavy atom. The Morgan fingerprint density at radius 2 is 1.92 bits per heavy atom. The van der Waals surface area contributed by atoms with Gasteiger partial charge in [0.05, 0.1) is 6.33 Å². The van der Waals surface area contributed by atoms with Crippen LogP contribution in [0.3, 0.4) is 0 Å². The zero-order chi connectivity index (χ0) is 17.3. The molecule has 3 rings (SSSR count). The summed E-state index contributed by atoms with van der Waals surface area (Å²) in [6.45, 7) is 0.408. The molecule has 2 aromatic rings. The summed E-state index contributed by atoms with van der Waals surface area (Å²) in [5.74, 6) is 0.944. The zero-order valence-corrected chi connectivity index (χ0v) is 14.1. The van der Waals surface area contributed by atoms with Crippen LogP contribution in [0.15, 0.2) is 21.0 Å². The maximum Gasteiger partial charge on any atom is 0.332 e. The molecule has 0 aromatic carbocycles. The second-order valence-electron chi connectivity index (χ2n) is 5.95. The van der Waals surface area contributed by atoms with Crippen molar-refractivity contribution in [2.75, 3.05) is 7.05 Å². The molecule has 0 saturated carbocycles. The van der Waals surface area contributed by atoms with Crippen molar-refractivity contribution in [2.24, 2.45) is 19.2 Å². The first-order valence-corrected chi connectivity index (χ1v) is 7.92. The number of aryl methyl sites for hydroxylation is 2. The summed E-state index contributed by atoms with van der Waals surface area (Å²) >= 11 is 0. The highest BCUT2D eigenvalue weighted by Gasteiger charge is 2.15. The Morgan fingerprint density at radius 3 is 2.62 bits per heavy atom. The monoisotopic (exact) mass is 334 g/mol. The first-order valence-electron chi connectivity index (χ1n) is 7.92. The number of hydrogen-bond donors (Lipinski definition) is 2. The Labute approximate surface area is 138 Å². The molecule has 0 unspecified atom stereocenters. The smallest absolute Gasteiger partial charge is 0.328 e. The van der Waals surface area contributed by atoms with E-state index in [9.17, 15) is 9.59 Å². The molecule has 0 saturated heterocycles. The zero-order valence-electron chi connectivity index (χ0n) is 14.1. The van der Waals surface area contributed by atoms with E-state index < -0.39 is 0 Å². The van der Waals surface area contributed by atoms with Gasteiger partial charge in [0, 0.05) is 34.1 Å². The molecule has 0 aliphatic carbocycles. The molecule has 10 nitrogen and oxygen atoms in total. The minimum Gasteiger partial charge on any atom is -0.328 e. The van der Waals surface area contributed by atoms with Crippen molar-refractivity contribution < 1.29 is 0 Å². The van der Waals surface area contributed by atoms with Gasteiger partial charge in [-0.25, -0.2) is 15.3 Å². The van der Waals surface area contributed by atoms with E-state index in [0.717, 1.165) is 31.5 Å². The minimum atomic E-state index is -0.320. The number of amidine groups is 1. The van der Waals surface area contributed by atoms with Crippen LogP contribution >= 0.6 is 0 Å². The molecule has 2 N–H and O–H groups in total. The molecule has 10 heteroatoms. The molecule has 0 amide bonds. The first kappa shape index (κ1) is 16.2. The molecule has 3 heterocycles. The van der Waals surface area contributed by atoms with Gasteiger partial charge in [0.25, 0.3) is 5.56 Å². The standard InChI is InChI=1S/C14H22N8O2/c1-19-9-15-12-11(19)13(23)22(14(24)20(12)2)8-6-4-5-7-10-16-17-18-21(10)3/h9,17-18H,4-8H2,1-3H3. The molecule has 0 fully saturated rings. The number of nitrogens with one attached hydrogen (secondary N) is 2. The van der Waals surface area contributed by atoms with E-state index in [2.05, 4.69) is 21.2 Å². The van der Waals surface area contributed by atoms with E-state index in [1.165, 1.54) is 9.13 Å². The van der Waals surface area contributed by atoms with Crippen molar-refractivity contribution in [3.63, 3.8) is 0 Å². The van der Waals surface area contributed by atoms with Gasteiger partial charge in [-0.05, 0) is 12.8 Å². The van der Waals surface area contributed by atoms with Gasteiger partial charge < -0.3 is 4.57 Å². The highest BCUT2D eigenvalue weighted by molar-refractivity contribution is 5.82. The van der Waals surface area contributed by atoms with Gasteiger partial charge in [-0.3, -0.25) is 18.9 Å². The molecule has 130 valence electrons. The van der Waals surface area contributed by atoms with Gasteiger partial charge in [-0.15, -0.1) is 10.6 Å². The van der Waals surface area contributed by atoms with E-state index in [1.807, 2.05) is 12.1 Å². The van der Waals surface area contributed by atoms with Crippen molar-refractivity contribution in [1.82, 2.24) is 34.8 Å². The molecule has 2 aromatic heterocycles. The predicted molar refractivity (Wildman–Crippen MR) is 90.2 cm³/mol. The second kappa shape index (κ2) is 6.48. The molecule has 24 heavy (non-hydrogen) atoms. The van der Waals surface area contributed by atoms with Crippen molar-refractivity contribution in [1.29, 1.82) is 0 Å². The summed E-state index contributed by atoms with van der Waals surface area (Å²) < 4.78 is 4.38. The predicted octanol–water partition coefficient (Wildman–Crippen LogP) is -0.738. The molecule has 1 aliphatic rings. The van der Waals surface area contributed by atoms with E-state index in [1.54, 1.807) is 25.0 Å². The average Bonchev–Trinajstić information content (AvgIpc) is 3.14. The molecule has 0 spiro atoms. The van der Waals surface area contributed by atoms with Gasteiger partial charge in [0.1, 0.15) is 5.84 Å². The molecule has 0 bridgehead atoms. The van der Waals surface area contributed by atoms with Crippen molar-refractivity contribution in [2.45, 2.75) is 32.2 Å². The highest BCUT2D eigenvalue weighted by Crippen LogP contribution is 2.06. The summed E-state index contributed by atoms with van der Waals surface area (Å²) in [4.78, 5) is 29.0. The average molecular weight is 334 g/mol. The third-order valence-electron chi connectivity index (χ3n) is 4.27. The Kier molecular flexibility index (Phi) is 4.38. The van der Waals surface area contributed by atoms with E-state index in [0.29, 0.717) is 17.7 Å². The fourth-order valence-electron chi connectivity index (χ4n) is 2.85. The number of hydrazone groups is 1. The number of imidazole rings is 1. The van der Waals surface area contributed by atoms with Gasteiger partial charge in [-0.1, -0.05) is 6.42 Å². The van der Waals surface area contributed by atoms with Gasteiger partial charge in [0.15, 0.2) is 11.2 Å². The second-order valence-corrected chi connectivity index (χ2v) is 5.95. The van der Waals surface area contributed by atoms with Crippen LogP contribution in [0.2, 0.25) is 0 Å². The lowest BCUT2D eigenvalue weighted by Gasteiger charge is -2.12. The lowest BCUT2D eigenvalue weighted by atomic mass is 10.2. The number of nitrogens with zero attached hydrogens (tertiary/aromatic N) is 6. The molecule has 1 aliphatic heterocycles. The van der Waals surface area contributed by atoms with E-state index in [-0.39, 0.29) is 11.2 Å². The van der Waals surface area contributed by atoms with Gasteiger partial charge in [0.2, 0.25) is 0 Å². The minimum absolute atomic E-state index is 0.276.